The Hall–Kier alpha value is -3.43. The number of nitrogens with zero attached hydrogens (tertiary/aromatic N) is 3. The van der Waals surface area contributed by atoms with Crippen LogP contribution in [-0.4, -0.2) is 64.4 Å². The number of carbonyl (C=O) groups is 2. The standard InChI is InChI=1S/C26H27ClN4O4S/c1-30(2)25(29-36(3,34)35)19-7-10-23(11-8-19)31-16-17(12-24(31)32)15-28-26(33)20-5-4-18-6-9-22(27)14-21(18)13-20/h4-11,13-14,17H,12,15-16H2,1-3H3,(H,28,33). The highest BCUT2D eigenvalue weighted by molar-refractivity contribution is 7.89. The van der Waals surface area contributed by atoms with Crippen LogP contribution < -0.4 is 10.2 Å². The molecule has 1 fully saturated rings. The molecule has 188 valence electrons. The van der Waals surface area contributed by atoms with Crippen molar-refractivity contribution < 1.29 is 18.0 Å². The van der Waals surface area contributed by atoms with Crippen LogP contribution in [0.25, 0.3) is 10.8 Å². The van der Waals surface area contributed by atoms with Gasteiger partial charge in [-0.2, -0.15) is 0 Å². The van der Waals surface area contributed by atoms with Crippen LogP contribution >= 0.6 is 11.6 Å². The maximum Gasteiger partial charge on any atom is 0.252 e. The third kappa shape index (κ3) is 6.03. The van der Waals surface area contributed by atoms with Crippen LogP contribution in [0.1, 0.15) is 22.3 Å². The molecule has 1 unspecified atom stereocenters. The molecule has 1 heterocycles. The van der Waals surface area contributed by atoms with Crippen molar-refractivity contribution in [3.63, 3.8) is 0 Å². The number of amidine groups is 1. The zero-order chi connectivity index (χ0) is 26.0. The topological polar surface area (TPSA) is 99.2 Å². The first-order valence-electron chi connectivity index (χ1n) is 11.4. The van der Waals surface area contributed by atoms with E-state index in [2.05, 4.69) is 9.71 Å². The number of sulfonamides is 1. The zero-order valence-corrected chi connectivity index (χ0v) is 21.8. The van der Waals surface area contributed by atoms with E-state index in [9.17, 15) is 18.0 Å². The molecule has 0 radical (unpaired) electrons. The van der Waals surface area contributed by atoms with Crippen LogP contribution in [0, 0.1) is 5.92 Å². The number of rotatable bonds is 6. The van der Waals surface area contributed by atoms with E-state index in [0.717, 1.165) is 17.0 Å². The molecule has 0 bridgehead atoms. The Morgan fingerprint density at radius 2 is 1.72 bits per heavy atom. The summed E-state index contributed by atoms with van der Waals surface area (Å²) in [5.41, 5.74) is 1.87. The molecule has 1 aliphatic rings. The predicted octanol–water partition coefficient (Wildman–Crippen LogP) is 3.54. The zero-order valence-electron chi connectivity index (χ0n) is 20.2. The van der Waals surface area contributed by atoms with Crippen LogP contribution in [-0.2, 0) is 14.8 Å². The Balaban J connectivity index is 1.40. The van der Waals surface area contributed by atoms with Gasteiger partial charge in [0.1, 0.15) is 5.84 Å². The van der Waals surface area contributed by atoms with Gasteiger partial charge in [0, 0.05) is 61.4 Å². The van der Waals surface area contributed by atoms with Crippen molar-refractivity contribution in [2.24, 2.45) is 10.3 Å². The number of halogens is 1. The second kappa shape index (κ2) is 10.3. The van der Waals surface area contributed by atoms with Crippen LogP contribution in [0.3, 0.4) is 0 Å². The fourth-order valence-corrected chi connectivity index (χ4v) is 4.97. The summed E-state index contributed by atoms with van der Waals surface area (Å²) in [5, 5.41) is 5.44. The number of anilines is 1. The second-order valence-electron chi connectivity index (χ2n) is 9.08. The van der Waals surface area contributed by atoms with Gasteiger partial charge < -0.3 is 15.1 Å². The smallest absolute Gasteiger partial charge is 0.252 e. The lowest BCUT2D eigenvalue weighted by molar-refractivity contribution is -0.117. The van der Waals surface area contributed by atoms with E-state index in [4.69, 9.17) is 11.6 Å². The summed E-state index contributed by atoms with van der Waals surface area (Å²) >= 11 is 6.07. The normalized spacial score (nSPS) is 16.4. The largest absolute Gasteiger partial charge is 0.362 e. The highest BCUT2D eigenvalue weighted by atomic mass is 35.5. The number of nitrogens with one attached hydrogen (secondary N) is 1. The lowest BCUT2D eigenvalue weighted by Gasteiger charge is -2.19. The number of hydrogen-bond donors (Lipinski definition) is 1. The molecule has 4 rings (SSSR count). The molecule has 1 atom stereocenters. The third-order valence-corrected chi connectivity index (χ3v) is 6.67. The van der Waals surface area contributed by atoms with Crippen LogP contribution in [0.15, 0.2) is 65.1 Å². The number of hydrogen-bond acceptors (Lipinski definition) is 4. The van der Waals surface area contributed by atoms with Crippen molar-refractivity contribution in [1.29, 1.82) is 0 Å². The summed E-state index contributed by atoms with van der Waals surface area (Å²) in [6.07, 6.45) is 1.37. The summed E-state index contributed by atoms with van der Waals surface area (Å²) in [4.78, 5) is 28.7. The van der Waals surface area contributed by atoms with Crippen molar-refractivity contribution in [1.82, 2.24) is 10.2 Å². The van der Waals surface area contributed by atoms with E-state index in [0.29, 0.717) is 47.2 Å². The summed E-state index contributed by atoms with van der Waals surface area (Å²) in [7, 11) is -0.131. The minimum atomic E-state index is -3.56. The highest BCUT2D eigenvalue weighted by Gasteiger charge is 2.31. The number of amides is 2. The lowest BCUT2D eigenvalue weighted by Crippen LogP contribution is -2.31. The fraction of sp³-hybridized carbons (Fsp3) is 0.269. The quantitative estimate of drug-likeness (QED) is 0.391. The molecule has 0 aromatic heterocycles. The molecular formula is C26H27ClN4O4S. The monoisotopic (exact) mass is 526 g/mol. The average Bonchev–Trinajstić information content (AvgIpc) is 3.20. The minimum Gasteiger partial charge on any atom is -0.362 e. The molecule has 3 aromatic rings. The Morgan fingerprint density at radius 3 is 2.39 bits per heavy atom. The third-order valence-electron chi connectivity index (χ3n) is 5.93. The maximum atomic E-state index is 12.7. The summed E-state index contributed by atoms with van der Waals surface area (Å²) in [6, 6.07) is 18.0. The van der Waals surface area contributed by atoms with Gasteiger partial charge in [0.2, 0.25) is 5.91 Å². The molecule has 2 amide bonds. The molecule has 36 heavy (non-hydrogen) atoms. The van der Waals surface area contributed by atoms with Gasteiger partial charge in [0.15, 0.2) is 0 Å². The first-order chi connectivity index (χ1) is 17.0. The Morgan fingerprint density at radius 1 is 1.06 bits per heavy atom. The molecule has 0 spiro atoms. The number of benzene rings is 3. The van der Waals surface area contributed by atoms with Crippen molar-refractivity contribution >= 4 is 55.7 Å². The van der Waals surface area contributed by atoms with Crippen molar-refractivity contribution in [3.8, 4) is 0 Å². The summed E-state index contributed by atoms with van der Waals surface area (Å²) in [5.74, 6) is 0.0574. The van der Waals surface area contributed by atoms with Crippen molar-refractivity contribution in [2.75, 3.05) is 38.3 Å². The fourth-order valence-electron chi connectivity index (χ4n) is 4.21. The maximum absolute atomic E-state index is 12.7. The molecule has 8 nitrogen and oxygen atoms in total. The van der Waals surface area contributed by atoms with Crippen LogP contribution in [0.4, 0.5) is 5.69 Å². The Kier molecular flexibility index (Phi) is 7.33. The molecule has 3 aromatic carbocycles. The van der Waals surface area contributed by atoms with E-state index < -0.39 is 10.0 Å². The second-order valence-corrected chi connectivity index (χ2v) is 11.2. The molecule has 1 N–H and O–H groups in total. The van der Waals surface area contributed by atoms with Gasteiger partial charge in [0.25, 0.3) is 15.9 Å². The van der Waals surface area contributed by atoms with E-state index >= 15 is 0 Å². The van der Waals surface area contributed by atoms with E-state index in [1.165, 1.54) is 0 Å². The van der Waals surface area contributed by atoms with Gasteiger partial charge in [-0.3, -0.25) is 9.59 Å². The van der Waals surface area contributed by atoms with Gasteiger partial charge in [-0.15, -0.1) is 4.40 Å². The van der Waals surface area contributed by atoms with E-state index in [1.54, 1.807) is 60.3 Å². The SMILES string of the molecule is CN(C)C(=NS(C)(=O)=O)c1ccc(N2CC(CNC(=O)c3ccc4ccc(Cl)cc4c3)CC2=O)cc1. The van der Waals surface area contributed by atoms with Crippen LogP contribution in [0.2, 0.25) is 5.02 Å². The first-order valence-corrected chi connectivity index (χ1v) is 13.6. The molecule has 0 saturated carbocycles. The molecule has 1 saturated heterocycles. The summed E-state index contributed by atoms with van der Waals surface area (Å²) < 4.78 is 27.1. The lowest BCUT2D eigenvalue weighted by atomic mass is 10.1. The first kappa shape index (κ1) is 25.7. The predicted molar refractivity (Wildman–Crippen MR) is 143 cm³/mol. The Labute approximate surface area is 215 Å². The van der Waals surface area contributed by atoms with Crippen molar-refractivity contribution in [3.05, 3.63) is 76.8 Å². The number of fused-ring (bicyclic) bond motifs is 1. The van der Waals surface area contributed by atoms with Gasteiger partial charge in [-0.25, -0.2) is 8.42 Å². The van der Waals surface area contributed by atoms with E-state index in [-0.39, 0.29) is 17.7 Å². The molecular weight excluding hydrogens is 500 g/mol. The van der Waals surface area contributed by atoms with E-state index in [1.807, 2.05) is 24.3 Å². The highest BCUT2D eigenvalue weighted by Crippen LogP contribution is 2.26. The molecule has 10 heteroatoms. The molecule has 0 aliphatic carbocycles. The Bertz CT molecular complexity index is 1450. The van der Waals surface area contributed by atoms with Gasteiger partial charge in [-0.05, 0) is 59.3 Å². The molecule has 1 aliphatic heterocycles. The average molecular weight is 527 g/mol. The minimum absolute atomic E-state index is 0.0276. The summed E-state index contributed by atoms with van der Waals surface area (Å²) in [6.45, 7) is 0.849. The van der Waals surface area contributed by atoms with Crippen LogP contribution in [0.5, 0.6) is 0 Å². The van der Waals surface area contributed by atoms with Crippen molar-refractivity contribution in [2.45, 2.75) is 6.42 Å². The van der Waals surface area contributed by atoms with Gasteiger partial charge in [0.05, 0.1) is 6.26 Å². The van der Waals surface area contributed by atoms with Gasteiger partial charge >= 0.3 is 0 Å². The number of carbonyl (C=O) groups excluding carboxylic acids is 2. The van der Waals surface area contributed by atoms with Gasteiger partial charge in [-0.1, -0.05) is 23.7 Å².